The van der Waals surface area contributed by atoms with Crippen LogP contribution in [0.2, 0.25) is 0 Å². The second-order valence-corrected chi connectivity index (χ2v) is 50.7. The van der Waals surface area contributed by atoms with Crippen molar-refractivity contribution in [2.75, 3.05) is 51.8 Å². The standard InChI is InChI=1S/C108H225O4PS3/c1-10-19-28-37-46-55-64-73-82-91-100-114(101-92-83-74-65-56-47-38-29-20-11-2,102-93-84-75-66-57-48-39-30-21-12-3)110-113(109,111-115(103-94-85-76-67-58-49-40-31-22-13-4,104-95-86-77-68-59-50-41-32-23-14-5)105-96-87-78-69-60-51-42-33-24-15-6)112-116(106-97-88-79-70-61-52-43-34-25-16-7,107-98-89-80-71-62-53-44-35-26-17-8)108-99-90-81-72-63-54-45-36-27-18-9/h10-108H2,1-9H3. The minimum Gasteiger partial charge on any atom is -0.236 e. The highest BCUT2D eigenvalue weighted by Gasteiger charge is 2.47. The van der Waals surface area contributed by atoms with Crippen molar-refractivity contribution < 1.29 is 16.5 Å². The molecule has 0 unspecified atom stereocenters. The van der Waals surface area contributed by atoms with Crippen LogP contribution in [0.4, 0.5) is 0 Å². The lowest BCUT2D eigenvalue weighted by atomic mass is 10.1. The molecule has 0 aliphatic carbocycles. The molecule has 0 spiro atoms. The molecule has 0 aromatic rings. The van der Waals surface area contributed by atoms with Crippen LogP contribution < -0.4 is 0 Å². The quantitative estimate of drug-likeness (QED) is 0.0450. The lowest BCUT2D eigenvalue weighted by molar-refractivity contribution is 0.331. The molecule has 704 valence electrons. The normalized spacial score (nSPS) is 12.9. The predicted molar refractivity (Wildman–Crippen MR) is 544 cm³/mol. The van der Waals surface area contributed by atoms with Crippen molar-refractivity contribution in [2.45, 2.75) is 640 Å². The largest absolute Gasteiger partial charge is 0.503 e. The Morgan fingerprint density at radius 1 is 0.121 bits per heavy atom. The van der Waals surface area contributed by atoms with E-state index in [1.807, 2.05) is 0 Å². The number of phosphoric acid groups is 1. The van der Waals surface area contributed by atoms with Crippen LogP contribution in [0.5, 0.6) is 0 Å². The van der Waals surface area contributed by atoms with Crippen LogP contribution in [0.3, 0.4) is 0 Å². The van der Waals surface area contributed by atoms with Gasteiger partial charge in [-0.15, -0.1) is 30.9 Å². The lowest BCUT2D eigenvalue weighted by Crippen LogP contribution is -2.24. The Morgan fingerprint density at radius 2 is 0.190 bits per heavy atom. The SMILES string of the molecule is CCCCCCCCCCCCS(CCCCCCCCCCCC)(CCCCCCCCCCCC)OP(=O)(OS(CCCCCCCCCCCC)(CCCCCCCCCCCC)CCCCCCCCCCCC)OS(CCCCCCCCCCCC)(CCCCCCCCCCCC)CCCCCCCCCCCC. The molecule has 0 aromatic heterocycles. The van der Waals surface area contributed by atoms with Gasteiger partial charge >= 0.3 is 7.82 Å². The van der Waals surface area contributed by atoms with Crippen molar-refractivity contribution in [3.05, 3.63) is 0 Å². The third-order valence-corrected chi connectivity index (χ3v) is 41.9. The van der Waals surface area contributed by atoms with Crippen LogP contribution in [0, 0.1) is 0 Å². The molecule has 0 aliphatic rings. The lowest BCUT2D eigenvalue weighted by Gasteiger charge is -2.49. The number of rotatable bonds is 105. The molecular formula is C108H225O4PS3. The first kappa shape index (κ1) is 117. The minimum absolute atomic E-state index is 1.10. The van der Waals surface area contributed by atoms with Gasteiger partial charge in [0.25, 0.3) is 0 Å². The van der Waals surface area contributed by atoms with Gasteiger partial charge in [0.15, 0.2) is 0 Å². The van der Waals surface area contributed by atoms with Crippen LogP contribution in [-0.4, -0.2) is 51.8 Å². The molecule has 0 saturated heterocycles. The smallest absolute Gasteiger partial charge is 0.236 e. The summed E-state index contributed by atoms with van der Waals surface area (Å²) in [7, 11) is -9.81. The second-order valence-electron chi connectivity index (χ2n) is 38.5. The molecule has 0 bridgehead atoms. The van der Waals surface area contributed by atoms with E-state index >= 15 is 4.57 Å². The second kappa shape index (κ2) is 95.3. The molecule has 0 heterocycles. The van der Waals surface area contributed by atoms with Gasteiger partial charge in [0, 0.05) is 0 Å². The van der Waals surface area contributed by atoms with E-state index in [-0.39, 0.29) is 0 Å². The molecule has 0 aromatic carbocycles. The van der Waals surface area contributed by atoms with E-state index in [2.05, 4.69) is 62.3 Å². The van der Waals surface area contributed by atoms with Gasteiger partial charge in [0.05, 0.1) is 0 Å². The Morgan fingerprint density at radius 3 is 0.267 bits per heavy atom. The van der Waals surface area contributed by atoms with Crippen LogP contribution >= 0.6 is 38.7 Å². The van der Waals surface area contributed by atoms with E-state index in [1.54, 1.807) is 0 Å². The Hall–Kier alpha value is 1.16. The van der Waals surface area contributed by atoms with Gasteiger partial charge in [0.1, 0.15) is 0 Å². The molecule has 0 saturated carbocycles. The summed E-state index contributed by atoms with van der Waals surface area (Å²) in [5.74, 6) is 9.91. The van der Waals surface area contributed by atoms with Crippen molar-refractivity contribution in [2.24, 2.45) is 0 Å². The van der Waals surface area contributed by atoms with Crippen molar-refractivity contribution in [1.82, 2.24) is 0 Å². The highest BCUT2D eigenvalue weighted by molar-refractivity contribution is 8.35. The molecule has 0 aliphatic heterocycles. The predicted octanol–water partition coefficient (Wildman–Crippen LogP) is 42.6. The molecule has 4 nitrogen and oxygen atoms in total. The van der Waals surface area contributed by atoms with Gasteiger partial charge in [-0.2, -0.15) is 0 Å². The maximum Gasteiger partial charge on any atom is 0.503 e. The molecule has 0 radical (unpaired) electrons. The number of hydrogen-bond donors (Lipinski definition) is 0. The van der Waals surface area contributed by atoms with Crippen molar-refractivity contribution in [3.8, 4) is 0 Å². The first-order valence-electron chi connectivity index (χ1n) is 55.2. The summed E-state index contributed by atoms with van der Waals surface area (Å²) in [6.45, 7) is 21.3. The zero-order chi connectivity index (χ0) is 84.1. The molecule has 0 atom stereocenters. The average Bonchev–Trinajstić information content (AvgIpc) is 0.776. The first-order chi connectivity index (χ1) is 57.2. The Bertz CT molecular complexity index is 1480. The van der Waals surface area contributed by atoms with E-state index < -0.39 is 38.7 Å². The molecule has 0 rings (SSSR count). The molecular weight excluding hydrogens is 1490 g/mol. The zero-order valence-corrected chi connectivity index (χ0v) is 85.7. The topological polar surface area (TPSA) is 44.8 Å². The fourth-order valence-corrected chi connectivity index (χ4v) is 35.3. The maximum absolute atomic E-state index is 18.8. The molecule has 0 fully saturated rings. The van der Waals surface area contributed by atoms with Gasteiger partial charge < -0.3 is 0 Å². The van der Waals surface area contributed by atoms with Crippen molar-refractivity contribution in [3.63, 3.8) is 0 Å². The van der Waals surface area contributed by atoms with E-state index in [0.717, 1.165) is 51.8 Å². The third kappa shape index (κ3) is 81.0. The summed E-state index contributed by atoms with van der Waals surface area (Å²) < 4.78 is 44.7. The molecule has 0 N–H and O–H groups in total. The Labute approximate surface area is 741 Å². The van der Waals surface area contributed by atoms with Gasteiger partial charge in [0.2, 0.25) is 0 Å². The number of hydrogen-bond acceptors (Lipinski definition) is 4. The summed E-state index contributed by atoms with van der Waals surface area (Å²) in [5, 5.41) is 0. The van der Waals surface area contributed by atoms with Gasteiger partial charge in [-0.25, -0.2) is 16.5 Å². The first-order valence-corrected chi connectivity index (χ1v) is 62.8. The summed E-state index contributed by atoms with van der Waals surface area (Å²) in [6.07, 6.45) is 122. The fourth-order valence-electron chi connectivity index (χ4n) is 18.5. The monoisotopic (exact) mass is 1710 g/mol. The maximum atomic E-state index is 18.8. The highest BCUT2D eigenvalue weighted by Crippen LogP contribution is 2.78. The highest BCUT2D eigenvalue weighted by atomic mass is 32.3. The van der Waals surface area contributed by atoms with E-state index in [9.17, 15) is 0 Å². The third-order valence-electron chi connectivity index (χ3n) is 26.6. The van der Waals surface area contributed by atoms with Crippen LogP contribution in [0.15, 0.2) is 0 Å². The Balaban J connectivity index is 8.99. The van der Waals surface area contributed by atoms with E-state index in [4.69, 9.17) is 11.9 Å². The number of unbranched alkanes of at least 4 members (excludes halogenated alkanes) is 81. The fraction of sp³-hybridized carbons (Fsp3) is 1.00. The van der Waals surface area contributed by atoms with Gasteiger partial charge in [-0.3, -0.25) is 0 Å². The Kier molecular flexibility index (Phi) is 96.2. The minimum atomic E-state index is -4.19. The van der Waals surface area contributed by atoms with E-state index in [0.29, 0.717) is 0 Å². The summed E-state index contributed by atoms with van der Waals surface area (Å²) in [4.78, 5) is 0. The van der Waals surface area contributed by atoms with Crippen molar-refractivity contribution in [1.29, 1.82) is 0 Å². The summed E-state index contributed by atoms with van der Waals surface area (Å²) in [6, 6.07) is 0. The van der Waals surface area contributed by atoms with Gasteiger partial charge in [-0.1, -0.05) is 582 Å². The van der Waals surface area contributed by atoms with Gasteiger partial charge in [-0.05, 0) is 110 Å². The summed E-state index contributed by atoms with van der Waals surface area (Å²) in [5.41, 5.74) is 0. The van der Waals surface area contributed by atoms with E-state index in [1.165, 1.54) is 578 Å². The molecule has 116 heavy (non-hydrogen) atoms. The van der Waals surface area contributed by atoms with Crippen LogP contribution in [0.25, 0.3) is 0 Å². The zero-order valence-electron chi connectivity index (χ0n) is 82.3. The van der Waals surface area contributed by atoms with Crippen molar-refractivity contribution >= 4 is 38.7 Å². The molecule has 0 amide bonds. The average molecular weight is 1720 g/mol. The van der Waals surface area contributed by atoms with Crippen LogP contribution in [-0.2, 0) is 16.5 Å². The van der Waals surface area contributed by atoms with Crippen LogP contribution in [0.1, 0.15) is 640 Å². The summed E-state index contributed by atoms with van der Waals surface area (Å²) >= 11 is 0. The molecule has 8 heteroatoms.